The fourth-order valence-corrected chi connectivity index (χ4v) is 1.26. The lowest BCUT2D eigenvalue weighted by Crippen LogP contribution is -2.49. The van der Waals surface area contributed by atoms with Gasteiger partial charge in [0.15, 0.2) is 0 Å². The molecule has 0 amide bonds. The van der Waals surface area contributed by atoms with Gasteiger partial charge in [0, 0.05) is 0 Å². The van der Waals surface area contributed by atoms with Gasteiger partial charge in [0.25, 0.3) is 0 Å². The molecule has 68 valence electrons. The Morgan fingerprint density at radius 2 is 2.08 bits per heavy atom. The van der Waals surface area contributed by atoms with E-state index >= 15 is 0 Å². The number of carbonyl (C=O) groups excluding carboxylic acids is 1. The van der Waals surface area contributed by atoms with Gasteiger partial charge in [0.1, 0.15) is 6.10 Å². The van der Waals surface area contributed by atoms with E-state index in [1.807, 2.05) is 0 Å². The predicted octanol–water partition coefficient (Wildman–Crippen LogP) is -0.616. The zero-order valence-electron chi connectivity index (χ0n) is 6.77. The number of aliphatic hydroxyl groups is 1. The normalized spacial score (nSPS) is 41.1. The summed E-state index contributed by atoms with van der Waals surface area (Å²) in [5, 5.41) is 18.2. The fraction of sp³-hybridized carbons (Fsp3) is 0.714. The monoisotopic (exact) mass is 174 g/mol. The molecule has 2 N–H and O–H groups in total. The molecule has 0 spiro atoms. The summed E-state index contributed by atoms with van der Waals surface area (Å²) >= 11 is 0. The average Bonchev–Trinajstić information content (AvgIpc) is 2.16. The molecule has 5 heteroatoms. The second-order valence-electron chi connectivity index (χ2n) is 2.93. The van der Waals surface area contributed by atoms with Gasteiger partial charge in [-0.1, -0.05) is 0 Å². The van der Waals surface area contributed by atoms with Gasteiger partial charge in [-0.05, 0) is 13.8 Å². The lowest BCUT2D eigenvalue weighted by molar-refractivity contribution is -0.166. The topological polar surface area (TPSA) is 83.8 Å². The zero-order chi connectivity index (χ0) is 9.52. The van der Waals surface area contributed by atoms with Crippen molar-refractivity contribution in [2.45, 2.75) is 25.6 Å². The Labute approximate surface area is 68.9 Å². The largest absolute Gasteiger partial charge is 0.479 e. The summed E-state index contributed by atoms with van der Waals surface area (Å²) in [7, 11) is 0. The highest BCUT2D eigenvalue weighted by Crippen LogP contribution is 2.32. The molecule has 1 heterocycles. The number of rotatable bonds is 1. The van der Waals surface area contributed by atoms with Crippen molar-refractivity contribution >= 4 is 11.9 Å². The molecule has 1 aliphatic rings. The van der Waals surface area contributed by atoms with E-state index in [0.717, 1.165) is 0 Å². The molecule has 0 aromatic rings. The van der Waals surface area contributed by atoms with Gasteiger partial charge in [0.2, 0.25) is 5.60 Å². The molecule has 0 radical (unpaired) electrons. The van der Waals surface area contributed by atoms with Crippen LogP contribution in [0.3, 0.4) is 0 Å². The molecule has 1 aliphatic heterocycles. The fourth-order valence-electron chi connectivity index (χ4n) is 1.26. The van der Waals surface area contributed by atoms with Crippen molar-refractivity contribution in [3.05, 3.63) is 0 Å². The van der Waals surface area contributed by atoms with Gasteiger partial charge >= 0.3 is 11.9 Å². The van der Waals surface area contributed by atoms with Gasteiger partial charge in [-0.2, -0.15) is 0 Å². The Hall–Kier alpha value is -1.10. The minimum atomic E-state index is -2.07. The highest BCUT2D eigenvalue weighted by molar-refractivity contribution is 5.89. The van der Waals surface area contributed by atoms with Crippen LogP contribution >= 0.6 is 0 Å². The van der Waals surface area contributed by atoms with Crippen LogP contribution in [0.5, 0.6) is 0 Å². The molecule has 0 aromatic heterocycles. The van der Waals surface area contributed by atoms with E-state index < -0.39 is 29.6 Å². The quantitative estimate of drug-likeness (QED) is 0.518. The van der Waals surface area contributed by atoms with E-state index in [1.165, 1.54) is 13.8 Å². The molecule has 5 nitrogen and oxygen atoms in total. The second-order valence-corrected chi connectivity index (χ2v) is 2.93. The van der Waals surface area contributed by atoms with Gasteiger partial charge < -0.3 is 14.9 Å². The molecular weight excluding hydrogens is 164 g/mol. The highest BCUT2D eigenvalue weighted by Gasteiger charge is 2.57. The SMILES string of the molecule is C[C@@H]1C(=O)O[C@H](C)[C@]1(O)C(=O)O. The van der Waals surface area contributed by atoms with Gasteiger partial charge in [-0.25, -0.2) is 4.79 Å². The number of carboxylic acids is 1. The van der Waals surface area contributed by atoms with Gasteiger partial charge in [0.05, 0.1) is 5.92 Å². The molecule has 1 fully saturated rings. The molecule has 1 rings (SSSR count). The number of carbonyl (C=O) groups is 2. The molecule has 12 heavy (non-hydrogen) atoms. The predicted molar refractivity (Wildman–Crippen MR) is 37.3 cm³/mol. The minimum Gasteiger partial charge on any atom is -0.479 e. The molecule has 1 saturated heterocycles. The maximum absolute atomic E-state index is 10.9. The van der Waals surface area contributed by atoms with E-state index in [0.29, 0.717) is 0 Å². The third kappa shape index (κ3) is 0.896. The van der Waals surface area contributed by atoms with E-state index in [-0.39, 0.29) is 0 Å². The molecule has 0 unspecified atom stereocenters. The third-order valence-corrected chi connectivity index (χ3v) is 2.27. The molecule has 0 saturated carbocycles. The van der Waals surface area contributed by atoms with Gasteiger partial charge in [-0.3, -0.25) is 4.79 Å². The van der Waals surface area contributed by atoms with Crippen molar-refractivity contribution in [3.8, 4) is 0 Å². The van der Waals surface area contributed by atoms with Crippen LogP contribution < -0.4 is 0 Å². The Morgan fingerprint density at radius 1 is 1.58 bits per heavy atom. The molecular formula is C7H10O5. The standard InChI is InChI=1S/C7H10O5/c1-3-5(8)12-4(2)7(3,11)6(9)10/h3-4,11H,1-2H3,(H,9,10)/t3-,4-,7+/m1/s1. The maximum atomic E-state index is 10.9. The number of aliphatic carboxylic acids is 1. The number of hydrogen-bond acceptors (Lipinski definition) is 4. The van der Waals surface area contributed by atoms with Crippen molar-refractivity contribution in [1.82, 2.24) is 0 Å². The van der Waals surface area contributed by atoms with Crippen LogP contribution in [0, 0.1) is 5.92 Å². The first-order valence-electron chi connectivity index (χ1n) is 3.57. The summed E-state index contributed by atoms with van der Waals surface area (Å²) < 4.78 is 4.58. The smallest absolute Gasteiger partial charge is 0.340 e. The van der Waals surface area contributed by atoms with Crippen molar-refractivity contribution in [2.75, 3.05) is 0 Å². The van der Waals surface area contributed by atoms with Crippen molar-refractivity contribution in [1.29, 1.82) is 0 Å². The number of ether oxygens (including phenoxy) is 1. The highest BCUT2D eigenvalue weighted by atomic mass is 16.6. The Morgan fingerprint density at radius 3 is 2.25 bits per heavy atom. The van der Waals surface area contributed by atoms with Crippen LogP contribution in [-0.2, 0) is 14.3 Å². The first-order valence-corrected chi connectivity index (χ1v) is 3.57. The van der Waals surface area contributed by atoms with Crippen LogP contribution in [0.1, 0.15) is 13.8 Å². The van der Waals surface area contributed by atoms with Crippen LogP contribution in [0.2, 0.25) is 0 Å². The maximum Gasteiger partial charge on any atom is 0.340 e. The summed E-state index contributed by atoms with van der Waals surface area (Å²) in [6.45, 7) is 2.69. The number of esters is 1. The lowest BCUT2D eigenvalue weighted by Gasteiger charge is -2.21. The van der Waals surface area contributed by atoms with E-state index in [1.54, 1.807) is 0 Å². The van der Waals surface area contributed by atoms with Crippen LogP contribution in [0.4, 0.5) is 0 Å². The third-order valence-electron chi connectivity index (χ3n) is 2.27. The number of carboxylic acid groups (broad SMARTS) is 1. The van der Waals surface area contributed by atoms with Crippen molar-refractivity contribution < 1.29 is 24.5 Å². The van der Waals surface area contributed by atoms with E-state index in [2.05, 4.69) is 4.74 Å². The summed E-state index contributed by atoms with van der Waals surface area (Å²) in [5.41, 5.74) is -2.07. The second kappa shape index (κ2) is 2.45. The zero-order valence-corrected chi connectivity index (χ0v) is 6.77. The molecule has 3 atom stereocenters. The van der Waals surface area contributed by atoms with Crippen LogP contribution in [0.25, 0.3) is 0 Å². The Balaban J connectivity index is 3.03. The Bertz CT molecular complexity index is 236. The number of cyclic esters (lactones) is 1. The van der Waals surface area contributed by atoms with Crippen LogP contribution in [0.15, 0.2) is 0 Å². The Kier molecular flexibility index (Phi) is 1.83. The minimum absolute atomic E-state index is 0.674. The van der Waals surface area contributed by atoms with E-state index in [4.69, 9.17) is 5.11 Å². The summed E-state index contributed by atoms with van der Waals surface area (Å²) in [6, 6.07) is 0. The molecule has 0 aromatic carbocycles. The molecule has 0 aliphatic carbocycles. The summed E-state index contributed by atoms with van der Waals surface area (Å²) in [6.07, 6.45) is -0.988. The molecule has 0 bridgehead atoms. The van der Waals surface area contributed by atoms with E-state index in [9.17, 15) is 14.7 Å². The lowest BCUT2D eigenvalue weighted by atomic mass is 9.87. The van der Waals surface area contributed by atoms with Crippen molar-refractivity contribution in [2.24, 2.45) is 5.92 Å². The first kappa shape index (κ1) is 8.99. The summed E-state index contributed by atoms with van der Waals surface area (Å²) in [5.74, 6) is -3.11. The van der Waals surface area contributed by atoms with Crippen LogP contribution in [-0.4, -0.2) is 33.9 Å². The van der Waals surface area contributed by atoms with Crippen molar-refractivity contribution in [3.63, 3.8) is 0 Å². The average molecular weight is 174 g/mol. The summed E-state index contributed by atoms with van der Waals surface area (Å²) in [4.78, 5) is 21.5. The van der Waals surface area contributed by atoms with Gasteiger partial charge in [-0.15, -0.1) is 0 Å². The number of hydrogen-bond donors (Lipinski definition) is 2. The first-order chi connectivity index (χ1) is 5.40.